The van der Waals surface area contributed by atoms with Gasteiger partial charge in [-0.25, -0.2) is 0 Å². The Morgan fingerprint density at radius 1 is 0.714 bits per heavy atom. The number of rotatable bonds is 15. The van der Waals surface area contributed by atoms with Crippen LogP contribution in [0.4, 0.5) is 0 Å². The molecule has 128 valence electrons. The maximum atomic E-state index is 6.40. The zero-order chi connectivity index (χ0) is 16.0. The lowest BCUT2D eigenvalue weighted by atomic mass is 10.4. The largest absolute Gasteiger partial charge is 0.394 e. The summed E-state index contributed by atoms with van der Waals surface area (Å²) in [7, 11) is 2.30. The summed E-state index contributed by atoms with van der Waals surface area (Å²) < 4.78 is 12.8. The molecule has 0 N–H and O–H groups in total. The van der Waals surface area contributed by atoms with E-state index in [-0.39, 0.29) is 0 Å². The summed E-state index contributed by atoms with van der Waals surface area (Å²) in [4.78, 5) is 2.26. The van der Waals surface area contributed by atoms with Crippen LogP contribution in [-0.4, -0.2) is 47.3 Å². The summed E-state index contributed by atoms with van der Waals surface area (Å²) in [5, 5.41) is 0. The van der Waals surface area contributed by atoms with Gasteiger partial charge >= 0.3 is 8.56 Å². The van der Waals surface area contributed by atoms with E-state index < -0.39 is 8.56 Å². The molecule has 0 rings (SSSR count). The first-order valence-corrected chi connectivity index (χ1v) is 11.3. The highest BCUT2D eigenvalue weighted by Gasteiger charge is 2.36. The molecule has 0 saturated heterocycles. The lowest BCUT2D eigenvalue weighted by Gasteiger charge is -2.31. The molecule has 0 amide bonds. The lowest BCUT2D eigenvalue weighted by molar-refractivity contribution is 0.160. The Morgan fingerprint density at radius 3 is 1.62 bits per heavy atom. The first-order valence-electron chi connectivity index (χ1n) is 9.02. The van der Waals surface area contributed by atoms with E-state index in [0.717, 1.165) is 38.6 Å². The molecule has 0 aromatic rings. The Labute approximate surface area is 134 Å². The van der Waals surface area contributed by atoms with Crippen LogP contribution in [-0.2, 0) is 8.85 Å². The van der Waals surface area contributed by atoms with Crippen LogP contribution in [0.25, 0.3) is 0 Å². The Bertz CT molecular complexity index is 215. The fourth-order valence-electron chi connectivity index (χ4n) is 2.37. The van der Waals surface area contributed by atoms with E-state index in [1.165, 1.54) is 38.1 Å². The van der Waals surface area contributed by atoms with Crippen molar-refractivity contribution in [3.05, 3.63) is 0 Å². The summed E-state index contributed by atoms with van der Waals surface area (Å²) in [6.45, 7) is 9.62. The van der Waals surface area contributed by atoms with Gasteiger partial charge in [0.15, 0.2) is 0 Å². The summed E-state index contributed by atoms with van der Waals surface area (Å²) in [6, 6.07) is 2.32. The molecule has 0 atom stereocenters. The van der Waals surface area contributed by atoms with Crippen molar-refractivity contribution in [2.75, 3.05) is 33.9 Å². The van der Waals surface area contributed by atoms with Gasteiger partial charge in [-0.05, 0) is 52.0 Å². The average Bonchev–Trinajstić information content (AvgIpc) is 2.45. The minimum absolute atomic E-state index is 0.889. The van der Waals surface area contributed by atoms with Crippen molar-refractivity contribution in [2.24, 2.45) is 0 Å². The topological polar surface area (TPSA) is 21.7 Å². The van der Waals surface area contributed by atoms with Crippen molar-refractivity contribution >= 4 is 8.56 Å². The first kappa shape index (κ1) is 21.1. The molecule has 0 spiro atoms. The third-order valence-corrected chi connectivity index (χ3v) is 7.49. The van der Waals surface area contributed by atoms with Crippen LogP contribution in [0, 0.1) is 0 Å². The van der Waals surface area contributed by atoms with Gasteiger partial charge in [0.25, 0.3) is 0 Å². The summed E-state index contributed by atoms with van der Waals surface area (Å²) >= 11 is 0. The van der Waals surface area contributed by atoms with E-state index in [1.54, 1.807) is 0 Å². The normalized spacial score (nSPS) is 12.3. The van der Waals surface area contributed by atoms with Gasteiger partial charge in [-0.3, -0.25) is 0 Å². The third kappa shape index (κ3) is 11.3. The van der Waals surface area contributed by atoms with Gasteiger partial charge in [-0.1, -0.05) is 46.5 Å². The van der Waals surface area contributed by atoms with Crippen LogP contribution in [0.2, 0.25) is 12.1 Å². The zero-order valence-electron chi connectivity index (χ0n) is 15.2. The molecule has 0 aromatic heterocycles. The standard InChI is InChI=1S/C17H39NO2Si/c1-6-9-14-19-21(16-11-8-3,20-15-10-7-2)17-12-13-18(4)5/h6-17H2,1-5H3. The molecular weight excluding hydrogens is 278 g/mol. The van der Waals surface area contributed by atoms with E-state index in [1.807, 2.05) is 0 Å². The molecule has 0 heterocycles. The quantitative estimate of drug-likeness (QED) is 0.319. The molecule has 0 aliphatic carbocycles. The first-order chi connectivity index (χ1) is 10.1. The van der Waals surface area contributed by atoms with Crippen LogP contribution in [0.5, 0.6) is 0 Å². The van der Waals surface area contributed by atoms with Gasteiger partial charge in [0.1, 0.15) is 0 Å². The lowest BCUT2D eigenvalue weighted by Crippen LogP contribution is -2.43. The number of hydrogen-bond acceptors (Lipinski definition) is 3. The van der Waals surface area contributed by atoms with E-state index in [2.05, 4.69) is 39.8 Å². The van der Waals surface area contributed by atoms with Gasteiger partial charge in [0, 0.05) is 13.2 Å². The second-order valence-electron chi connectivity index (χ2n) is 6.33. The molecule has 0 radical (unpaired) electrons. The molecule has 0 fully saturated rings. The maximum Gasteiger partial charge on any atom is 0.338 e. The van der Waals surface area contributed by atoms with Crippen molar-refractivity contribution in [3.63, 3.8) is 0 Å². The third-order valence-electron chi connectivity index (χ3n) is 3.80. The second-order valence-corrected chi connectivity index (χ2v) is 9.72. The molecular formula is C17H39NO2Si. The molecule has 0 aliphatic heterocycles. The van der Waals surface area contributed by atoms with Crippen molar-refractivity contribution in [2.45, 2.75) is 77.8 Å². The van der Waals surface area contributed by atoms with Gasteiger partial charge in [0.05, 0.1) is 0 Å². The Hall–Kier alpha value is 0.0969. The fourth-order valence-corrected chi connectivity index (χ4v) is 5.90. The predicted molar refractivity (Wildman–Crippen MR) is 95.2 cm³/mol. The molecule has 0 bridgehead atoms. The van der Waals surface area contributed by atoms with Gasteiger partial charge in [0.2, 0.25) is 0 Å². The average molecular weight is 318 g/mol. The summed E-state index contributed by atoms with van der Waals surface area (Å²) in [6.07, 6.45) is 8.39. The SMILES string of the molecule is CCCCO[Si](CCCC)(CCCN(C)C)OCCCC. The van der Waals surface area contributed by atoms with E-state index in [4.69, 9.17) is 8.85 Å². The summed E-state index contributed by atoms with van der Waals surface area (Å²) in [5.74, 6) is 0. The van der Waals surface area contributed by atoms with Crippen molar-refractivity contribution in [1.29, 1.82) is 0 Å². The van der Waals surface area contributed by atoms with Crippen LogP contribution < -0.4 is 0 Å². The van der Waals surface area contributed by atoms with Gasteiger partial charge in [-0.2, -0.15) is 0 Å². The van der Waals surface area contributed by atoms with E-state index in [0.29, 0.717) is 0 Å². The van der Waals surface area contributed by atoms with Crippen LogP contribution in [0.15, 0.2) is 0 Å². The smallest absolute Gasteiger partial charge is 0.338 e. The van der Waals surface area contributed by atoms with Crippen LogP contribution in [0.3, 0.4) is 0 Å². The van der Waals surface area contributed by atoms with E-state index >= 15 is 0 Å². The molecule has 21 heavy (non-hydrogen) atoms. The number of hydrogen-bond donors (Lipinski definition) is 0. The highest BCUT2D eigenvalue weighted by Crippen LogP contribution is 2.25. The number of nitrogens with zero attached hydrogens (tertiary/aromatic N) is 1. The highest BCUT2D eigenvalue weighted by molar-refractivity contribution is 6.67. The highest BCUT2D eigenvalue weighted by atomic mass is 28.4. The van der Waals surface area contributed by atoms with Crippen LogP contribution in [0.1, 0.15) is 65.7 Å². The molecule has 4 heteroatoms. The van der Waals surface area contributed by atoms with E-state index in [9.17, 15) is 0 Å². The molecule has 3 nitrogen and oxygen atoms in total. The predicted octanol–water partition coefficient (Wildman–Crippen LogP) is 4.81. The fraction of sp³-hybridized carbons (Fsp3) is 1.00. The molecule has 0 aliphatic rings. The second kappa shape index (κ2) is 13.7. The minimum atomic E-state index is -1.98. The Morgan fingerprint density at radius 2 is 1.19 bits per heavy atom. The Balaban J connectivity index is 4.55. The maximum absolute atomic E-state index is 6.40. The van der Waals surface area contributed by atoms with Crippen molar-refractivity contribution < 1.29 is 8.85 Å². The number of unbranched alkanes of at least 4 members (excludes halogenated alkanes) is 3. The summed E-state index contributed by atoms with van der Waals surface area (Å²) in [5.41, 5.74) is 0. The molecule has 0 unspecified atom stereocenters. The van der Waals surface area contributed by atoms with Crippen molar-refractivity contribution in [3.8, 4) is 0 Å². The Kier molecular flexibility index (Phi) is 13.8. The van der Waals surface area contributed by atoms with Gasteiger partial charge < -0.3 is 13.8 Å². The minimum Gasteiger partial charge on any atom is -0.394 e. The van der Waals surface area contributed by atoms with Gasteiger partial charge in [-0.15, -0.1) is 0 Å². The van der Waals surface area contributed by atoms with Crippen LogP contribution >= 0.6 is 0 Å². The molecule has 0 aromatic carbocycles. The zero-order valence-corrected chi connectivity index (χ0v) is 16.2. The monoisotopic (exact) mass is 317 g/mol. The van der Waals surface area contributed by atoms with Crippen molar-refractivity contribution in [1.82, 2.24) is 4.90 Å². The molecule has 0 saturated carbocycles.